The van der Waals surface area contributed by atoms with Gasteiger partial charge in [0.1, 0.15) is 11.9 Å². The van der Waals surface area contributed by atoms with Crippen molar-refractivity contribution in [1.29, 1.82) is 5.26 Å². The van der Waals surface area contributed by atoms with Crippen LogP contribution in [0.3, 0.4) is 0 Å². The molecule has 3 aromatic carbocycles. The van der Waals surface area contributed by atoms with Gasteiger partial charge in [-0.3, -0.25) is 9.69 Å². The van der Waals surface area contributed by atoms with Crippen LogP contribution in [0, 0.1) is 11.3 Å². The molecule has 4 rings (SSSR count). The van der Waals surface area contributed by atoms with E-state index in [1.807, 2.05) is 84.7 Å². The van der Waals surface area contributed by atoms with Crippen LogP contribution in [0.1, 0.15) is 28.5 Å². The number of nitrogens with zero attached hydrogens (tertiary/aromatic N) is 3. The van der Waals surface area contributed by atoms with E-state index in [9.17, 15) is 4.79 Å². The van der Waals surface area contributed by atoms with Crippen LogP contribution >= 0.6 is 0 Å². The molecule has 0 radical (unpaired) electrons. The number of nitrogens with one attached hydrogen (secondary N) is 1. The number of amides is 1. The lowest BCUT2D eigenvalue weighted by atomic mass is 10.0. The fourth-order valence-electron chi connectivity index (χ4n) is 3.82. The summed E-state index contributed by atoms with van der Waals surface area (Å²) < 4.78 is 5.55. The molecule has 1 aliphatic heterocycles. The van der Waals surface area contributed by atoms with Crippen molar-refractivity contribution < 1.29 is 9.53 Å². The maximum atomic E-state index is 13.6. The Bertz CT molecular complexity index is 1120. The van der Waals surface area contributed by atoms with Crippen LogP contribution in [0.5, 0.6) is 5.75 Å². The average Bonchev–Trinajstić information content (AvgIpc) is 2.82. The first-order valence-electron chi connectivity index (χ1n) is 10.1. The summed E-state index contributed by atoms with van der Waals surface area (Å²) in [6.07, 6.45) is 0.0760. The highest BCUT2D eigenvalue weighted by atomic mass is 16.5. The largest absolute Gasteiger partial charge is 0.495 e. The van der Waals surface area contributed by atoms with E-state index in [2.05, 4.69) is 11.4 Å². The molecular formula is C25H24N4O2. The smallest absolute Gasteiger partial charge is 0.262 e. The molecule has 1 aliphatic rings. The molecule has 1 amide bonds. The maximum absolute atomic E-state index is 13.6. The Labute approximate surface area is 182 Å². The molecule has 0 aliphatic carbocycles. The first-order valence-corrected chi connectivity index (χ1v) is 10.1. The van der Waals surface area contributed by atoms with Gasteiger partial charge in [0.2, 0.25) is 0 Å². The molecule has 0 bridgehead atoms. The van der Waals surface area contributed by atoms with Gasteiger partial charge in [-0.1, -0.05) is 36.4 Å². The highest BCUT2D eigenvalue weighted by Gasteiger charge is 2.35. The number of anilines is 3. The molecule has 1 heterocycles. The number of carbonyl (C=O) groups excluding carboxylic acids is 1. The summed E-state index contributed by atoms with van der Waals surface area (Å²) in [5, 5.41) is 12.3. The third-order valence-corrected chi connectivity index (χ3v) is 5.48. The Kier molecular flexibility index (Phi) is 5.76. The Balaban J connectivity index is 1.75. The summed E-state index contributed by atoms with van der Waals surface area (Å²) in [6.45, 7) is 0.663. The van der Waals surface area contributed by atoms with Gasteiger partial charge in [-0.2, -0.15) is 5.26 Å². The van der Waals surface area contributed by atoms with E-state index >= 15 is 0 Å². The number of para-hydroxylation sites is 3. The van der Waals surface area contributed by atoms with Gasteiger partial charge in [-0.05, 0) is 42.0 Å². The first-order chi connectivity index (χ1) is 15.1. The van der Waals surface area contributed by atoms with Crippen molar-refractivity contribution >= 4 is 23.0 Å². The quantitative estimate of drug-likeness (QED) is 0.629. The number of hydrogen-bond acceptors (Lipinski definition) is 5. The molecule has 0 saturated carbocycles. The lowest BCUT2D eigenvalue weighted by Crippen LogP contribution is -2.43. The Hall–Kier alpha value is -3.98. The number of rotatable bonds is 6. The van der Waals surface area contributed by atoms with E-state index in [0.717, 1.165) is 16.9 Å². The van der Waals surface area contributed by atoms with Gasteiger partial charge in [-0.25, -0.2) is 0 Å². The maximum Gasteiger partial charge on any atom is 0.262 e. The number of ether oxygens (including phenoxy) is 1. The number of hydrogen-bond donors (Lipinski definition) is 1. The van der Waals surface area contributed by atoms with Crippen molar-refractivity contribution in [3.05, 3.63) is 83.9 Å². The van der Waals surface area contributed by atoms with Crippen molar-refractivity contribution in [2.45, 2.75) is 12.6 Å². The molecular weight excluding hydrogens is 388 g/mol. The standard InChI is InChI=1S/C25H24N4O2/c1-28(17-7-16-26)19-14-12-18(13-15-19)24-27-21-9-4-3-8-20(21)25(30)29(24)22-10-5-6-11-23(22)31-2/h3-6,8-15,24,27H,7,17H2,1-2H3/t24-/m0/s1. The summed E-state index contributed by atoms with van der Waals surface area (Å²) in [6, 6.07) is 25.3. The predicted octanol–water partition coefficient (Wildman–Crippen LogP) is 4.82. The van der Waals surface area contributed by atoms with Crippen LogP contribution in [0.4, 0.5) is 17.1 Å². The molecule has 6 nitrogen and oxygen atoms in total. The van der Waals surface area contributed by atoms with Crippen LogP contribution in [-0.4, -0.2) is 26.6 Å². The van der Waals surface area contributed by atoms with Gasteiger partial charge in [0.05, 0.1) is 30.9 Å². The molecule has 0 saturated heterocycles. The SMILES string of the molecule is COc1ccccc1N1C(=O)c2ccccc2N[C@@H]1c1ccc(N(C)CCC#N)cc1. The monoisotopic (exact) mass is 412 g/mol. The van der Waals surface area contributed by atoms with Crippen LogP contribution in [-0.2, 0) is 0 Å². The van der Waals surface area contributed by atoms with Crippen molar-refractivity contribution in [1.82, 2.24) is 0 Å². The van der Waals surface area contributed by atoms with Crippen LogP contribution < -0.4 is 19.9 Å². The second-order valence-electron chi connectivity index (χ2n) is 7.36. The number of fused-ring (bicyclic) bond motifs is 1. The van der Waals surface area contributed by atoms with Gasteiger partial charge in [0.25, 0.3) is 5.91 Å². The number of nitriles is 1. The first kappa shape index (κ1) is 20.3. The molecule has 31 heavy (non-hydrogen) atoms. The minimum atomic E-state index is -0.392. The third kappa shape index (κ3) is 3.90. The molecule has 0 unspecified atom stereocenters. The summed E-state index contributed by atoms with van der Waals surface area (Å²) in [7, 11) is 3.57. The summed E-state index contributed by atoms with van der Waals surface area (Å²) >= 11 is 0. The normalized spacial score (nSPS) is 14.9. The van der Waals surface area contributed by atoms with Gasteiger partial charge >= 0.3 is 0 Å². The van der Waals surface area contributed by atoms with Gasteiger partial charge in [0.15, 0.2) is 0 Å². The highest BCUT2D eigenvalue weighted by Crippen LogP contribution is 2.40. The summed E-state index contributed by atoms with van der Waals surface area (Å²) in [5.74, 6) is 0.550. The summed E-state index contributed by atoms with van der Waals surface area (Å²) in [4.78, 5) is 17.3. The van der Waals surface area contributed by atoms with Crippen molar-refractivity contribution in [3.63, 3.8) is 0 Å². The fourth-order valence-corrected chi connectivity index (χ4v) is 3.82. The zero-order chi connectivity index (χ0) is 21.8. The van der Waals surface area contributed by atoms with Crippen LogP contribution in [0.15, 0.2) is 72.8 Å². The van der Waals surface area contributed by atoms with Crippen LogP contribution in [0.25, 0.3) is 0 Å². The zero-order valence-electron chi connectivity index (χ0n) is 17.6. The second kappa shape index (κ2) is 8.80. The lowest BCUT2D eigenvalue weighted by molar-refractivity contribution is 0.0974. The molecule has 0 spiro atoms. The highest BCUT2D eigenvalue weighted by molar-refractivity contribution is 6.12. The number of methoxy groups -OCH3 is 1. The molecule has 6 heteroatoms. The molecule has 1 atom stereocenters. The van der Waals surface area contributed by atoms with E-state index in [-0.39, 0.29) is 5.91 Å². The molecule has 0 fully saturated rings. The lowest BCUT2D eigenvalue weighted by Gasteiger charge is -2.38. The molecule has 3 aromatic rings. The van der Waals surface area contributed by atoms with E-state index in [4.69, 9.17) is 10.00 Å². The van der Waals surface area contributed by atoms with E-state index in [1.165, 1.54) is 0 Å². The van der Waals surface area contributed by atoms with Crippen molar-refractivity contribution in [2.24, 2.45) is 0 Å². The minimum absolute atomic E-state index is 0.0842. The topological polar surface area (TPSA) is 68.6 Å². The molecule has 0 aromatic heterocycles. The minimum Gasteiger partial charge on any atom is -0.495 e. The zero-order valence-corrected chi connectivity index (χ0v) is 17.6. The van der Waals surface area contributed by atoms with Gasteiger partial charge in [0, 0.05) is 25.0 Å². The molecule has 156 valence electrons. The molecule has 1 N–H and O–H groups in total. The fraction of sp³-hybridized carbons (Fsp3) is 0.200. The van der Waals surface area contributed by atoms with Crippen molar-refractivity contribution in [3.8, 4) is 11.8 Å². The number of carbonyl (C=O) groups is 1. The Morgan fingerprint density at radius 2 is 1.77 bits per heavy atom. The number of benzene rings is 3. The van der Waals surface area contributed by atoms with E-state index < -0.39 is 6.17 Å². The van der Waals surface area contributed by atoms with Crippen molar-refractivity contribution in [2.75, 3.05) is 35.8 Å². The van der Waals surface area contributed by atoms with E-state index in [1.54, 1.807) is 12.0 Å². The predicted molar refractivity (Wildman–Crippen MR) is 123 cm³/mol. The third-order valence-electron chi connectivity index (χ3n) is 5.48. The van der Waals surface area contributed by atoms with Gasteiger partial charge in [-0.15, -0.1) is 0 Å². The Morgan fingerprint density at radius 1 is 1.06 bits per heavy atom. The second-order valence-corrected chi connectivity index (χ2v) is 7.36. The van der Waals surface area contributed by atoms with Crippen LogP contribution in [0.2, 0.25) is 0 Å². The van der Waals surface area contributed by atoms with Gasteiger partial charge < -0.3 is 15.0 Å². The Morgan fingerprint density at radius 3 is 2.52 bits per heavy atom. The average molecular weight is 412 g/mol. The summed E-state index contributed by atoms with van der Waals surface area (Å²) in [5.41, 5.74) is 4.10. The van der Waals surface area contributed by atoms with E-state index in [0.29, 0.717) is 30.0 Å².